The van der Waals surface area contributed by atoms with Crippen molar-refractivity contribution in [3.05, 3.63) is 23.8 Å². The predicted octanol–water partition coefficient (Wildman–Crippen LogP) is 1.67. The second-order valence-corrected chi connectivity index (χ2v) is 2.69. The molecule has 0 aliphatic heterocycles. The van der Waals surface area contributed by atoms with Crippen molar-refractivity contribution in [1.29, 1.82) is 0 Å². The maximum atomic E-state index is 9.16. The number of hydrogen-bond donors (Lipinski definition) is 2. The number of hydrogen-bond acceptors (Lipinski definition) is 3. The molecule has 10 heavy (non-hydrogen) atoms. The molecular weight excluding hydrogens is 146 g/mol. The maximum absolute atomic E-state index is 9.16. The lowest BCUT2D eigenvalue weighted by atomic mass is 10.2. The average Bonchev–Trinajstić information content (AvgIpc) is 1.95. The molecule has 0 aromatic heterocycles. The standard InChI is InChI=1S/C7H9NOS/c1-5-6(9)3-2-4-7(5)10-8/h2-4,9H,8H2,1H3. The molecule has 0 radical (unpaired) electrons. The first-order valence-electron chi connectivity index (χ1n) is 2.91. The van der Waals surface area contributed by atoms with Crippen molar-refractivity contribution in [2.45, 2.75) is 11.8 Å². The summed E-state index contributed by atoms with van der Waals surface area (Å²) in [4.78, 5) is 0.917. The molecule has 0 saturated carbocycles. The molecule has 3 N–H and O–H groups in total. The van der Waals surface area contributed by atoms with Gasteiger partial charge in [0.15, 0.2) is 0 Å². The van der Waals surface area contributed by atoms with Crippen LogP contribution in [-0.4, -0.2) is 5.11 Å². The van der Waals surface area contributed by atoms with Crippen LogP contribution in [-0.2, 0) is 0 Å². The highest BCUT2D eigenvalue weighted by molar-refractivity contribution is 7.97. The molecule has 2 nitrogen and oxygen atoms in total. The van der Waals surface area contributed by atoms with E-state index in [4.69, 9.17) is 10.2 Å². The van der Waals surface area contributed by atoms with Gasteiger partial charge >= 0.3 is 0 Å². The van der Waals surface area contributed by atoms with Crippen LogP contribution >= 0.6 is 11.9 Å². The van der Waals surface area contributed by atoms with Crippen LogP contribution in [0.4, 0.5) is 0 Å². The summed E-state index contributed by atoms with van der Waals surface area (Å²) in [5, 5.41) is 14.5. The molecule has 1 rings (SSSR count). The van der Waals surface area contributed by atoms with E-state index >= 15 is 0 Å². The molecule has 0 spiro atoms. The lowest BCUT2D eigenvalue weighted by Gasteiger charge is -2.01. The third-order valence-electron chi connectivity index (χ3n) is 1.38. The number of phenolic OH excluding ortho intramolecular Hbond substituents is 1. The van der Waals surface area contributed by atoms with Crippen LogP contribution in [0, 0.1) is 6.92 Å². The van der Waals surface area contributed by atoms with Gasteiger partial charge in [-0.2, -0.15) is 0 Å². The molecule has 0 saturated heterocycles. The van der Waals surface area contributed by atoms with Crippen LogP contribution in [0.1, 0.15) is 5.56 Å². The van der Waals surface area contributed by atoms with E-state index in [2.05, 4.69) is 0 Å². The fraction of sp³-hybridized carbons (Fsp3) is 0.143. The summed E-state index contributed by atoms with van der Waals surface area (Å²) in [5.74, 6) is 0.301. The van der Waals surface area contributed by atoms with Gasteiger partial charge in [0.1, 0.15) is 5.75 Å². The maximum Gasteiger partial charge on any atom is 0.119 e. The third-order valence-corrected chi connectivity index (χ3v) is 2.08. The van der Waals surface area contributed by atoms with Gasteiger partial charge in [-0.15, -0.1) is 0 Å². The summed E-state index contributed by atoms with van der Waals surface area (Å²) in [6, 6.07) is 5.30. The highest BCUT2D eigenvalue weighted by Crippen LogP contribution is 2.24. The molecule has 0 fully saturated rings. The third kappa shape index (κ3) is 1.25. The minimum Gasteiger partial charge on any atom is -0.508 e. The molecule has 0 atom stereocenters. The minimum atomic E-state index is 0.301. The van der Waals surface area contributed by atoms with E-state index in [1.807, 2.05) is 13.0 Å². The predicted molar refractivity (Wildman–Crippen MR) is 42.9 cm³/mol. The summed E-state index contributed by atoms with van der Waals surface area (Å²) in [7, 11) is 0. The van der Waals surface area contributed by atoms with Crippen LogP contribution in [0.5, 0.6) is 5.75 Å². The quantitative estimate of drug-likeness (QED) is 0.606. The van der Waals surface area contributed by atoms with Crippen molar-refractivity contribution in [1.82, 2.24) is 0 Å². The minimum absolute atomic E-state index is 0.301. The molecule has 0 aliphatic carbocycles. The van der Waals surface area contributed by atoms with Gasteiger partial charge < -0.3 is 5.11 Å². The van der Waals surface area contributed by atoms with Crippen molar-refractivity contribution in [2.75, 3.05) is 0 Å². The SMILES string of the molecule is Cc1c(O)cccc1SN. The van der Waals surface area contributed by atoms with E-state index in [0.717, 1.165) is 22.4 Å². The lowest BCUT2D eigenvalue weighted by molar-refractivity contribution is 0.469. The molecule has 54 valence electrons. The Kier molecular flexibility index (Phi) is 2.19. The summed E-state index contributed by atoms with van der Waals surface area (Å²) < 4.78 is 0. The van der Waals surface area contributed by atoms with Crippen molar-refractivity contribution >= 4 is 11.9 Å². The first-order valence-corrected chi connectivity index (χ1v) is 3.79. The van der Waals surface area contributed by atoms with E-state index in [0.29, 0.717) is 5.75 Å². The summed E-state index contributed by atoms with van der Waals surface area (Å²) in [6.07, 6.45) is 0. The fourth-order valence-corrected chi connectivity index (χ4v) is 1.17. The number of phenols is 1. The Balaban J connectivity index is 3.14. The first-order chi connectivity index (χ1) is 4.75. The smallest absolute Gasteiger partial charge is 0.119 e. The van der Waals surface area contributed by atoms with E-state index in [1.165, 1.54) is 0 Å². The van der Waals surface area contributed by atoms with Crippen LogP contribution in [0.15, 0.2) is 23.1 Å². The highest BCUT2D eigenvalue weighted by atomic mass is 32.2. The molecular formula is C7H9NOS. The van der Waals surface area contributed by atoms with Crippen molar-refractivity contribution in [3.63, 3.8) is 0 Å². The zero-order chi connectivity index (χ0) is 7.56. The van der Waals surface area contributed by atoms with Crippen molar-refractivity contribution in [3.8, 4) is 5.75 Å². The first kappa shape index (κ1) is 7.44. The Labute approximate surface area is 64.2 Å². The van der Waals surface area contributed by atoms with Gasteiger partial charge in [-0.05, 0) is 31.0 Å². The Morgan fingerprint density at radius 1 is 1.50 bits per heavy atom. The second-order valence-electron chi connectivity index (χ2n) is 2.02. The van der Waals surface area contributed by atoms with Gasteiger partial charge in [-0.25, -0.2) is 0 Å². The number of rotatable bonds is 1. The second kappa shape index (κ2) is 2.94. The number of aromatic hydroxyl groups is 1. The number of nitrogens with two attached hydrogens (primary N) is 1. The van der Waals surface area contributed by atoms with Gasteiger partial charge in [0, 0.05) is 10.5 Å². The summed E-state index contributed by atoms with van der Waals surface area (Å²) in [5.41, 5.74) is 0.843. The molecule has 0 bridgehead atoms. The Morgan fingerprint density at radius 2 is 2.20 bits per heavy atom. The molecule has 0 aliphatic rings. The van der Waals surface area contributed by atoms with Gasteiger partial charge in [-0.3, -0.25) is 5.14 Å². The highest BCUT2D eigenvalue weighted by Gasteiger charge is 1.99. The topological polar surface area (TPSA) is 46.2 Å². The van der Waals surface area contributed by atoms with Crippen LogP contribution in [0.2, 0.25) is 0 Å². The number of benzene rings is 1. The molecule has 0 heterocycles. The monoisotopic (exact) mass is 155 g/mol. The van der Waals surface area contributed by atoms with Crippen LogP contribution < -0.4 is 5.14 Å². The van der Waals surface area contributed by atoms with E-state index < -0.39 is 0 Å². The lowest BCUT2D eigenvalue weighted by Crippen LogP contribution is -1.83. The average molecular weight is 155 g/mol. The van der Waals surface area contributed by atoms with Gasteiger partial charge in [0.05, 0.1) is 0 Å². The zero-order valence-corrected chi connectivity index (χ0v) is 6.48. The molecule has 0 unspecified atom stereocenters. The van der Waals surface area contributed by atoms with Gasteiger partial charge in [0.2, 0.25) is 0 Å². The van der Waals surface area contributed by atoms with Crippen molar-refractivity contribution < 1.29 is 5.11 Å². The van der Waals surface area contributed by atoms with Gasteiger partial charge in [0.25, 0.3) is 0 Å². The Hall–Kier alpha value is -0.670. The molecule has 1 aromatic carbocycles. The van der Waals surface area contributed by atoms with E-state index in [9.17, 15) is 0 Å². The summed E-state index contributed by atoms with van der Waals surface area (Å²) in [6.45, 7) is 1.84. The van der Waals surface area contributed by atoms with E-state index in [1.54, 1.807) is 12.1 Å². The molecule has 3 heteroatoms. The van der Waals surface area contributed by atoms with Gasteiger partial charge in [-0.1, -0.05) is 6.07 Å². The van der Waals surface area contributed by atoms with Crippen molar-refractivity contribution in [2.24, 2.45) is 5.14 Å². The normalized spacial score (nSPS) is 9.80. The molecule has 0 amide bonds. The zero-order valence-electron chi connectivity index (χ0n) is 5.66. The van der Waals surface area contributed by atoms with Crippen LogP contribution in [0.25, 0.3) is 0 Å². The summed E-state index contributed by atoms with van der Waals surface area (Å²) >= 11 is 1.15. The fourth-order valence-electron chi connectivity index (χ4n) is 0.731. The molecule has 1 aromatic rings. The largest absolute Gasteiger partial charge is 0.508 e. The Morgan fingerprint density at radius 3 is 2.70 bits per heavy atom. The van der Waals surface area contributed by atoms with Crippen LogP contribution in [0.3, 0.4) is 0 Å². The van der Waals surface area contributed by atoms with E-state index in [-0.39, 0.29) is 0 Å². The Bertz CT molecular complexity index is 237.